The second-order valence-corrected chi connectivity index (χ2v) is 2.80. The number of benzene rings is 1. The molecule has 1 heterocycles. The molecule has 4 heteroatoms. The molecule has 1 aromatic carbocycles. The molecule has 2 N–H and O–H groups in total. The number of para-hydroxylation sites is 1. The Balaban J connectivity index is 2.27. The van der Waals surface area contributed by atoms with Gasteiger partial charge in [-0.3, -0.25) is 9.80 Å². The first-order valence-electron chi connectivity index (χ1n) is 3.97. The minimum absolute atomic E-state index is 0.0869. The summed E-state index contributed by atoms with van der Waals surface area (Å²) in [5, 5.41) is 5.51. The zero-order valence-corrected chi connectivity index (χ0v) is 6.97. The summed E-state index contributed by atoms with van der Waals surface area (Å²) in [6.45, 7) is 0.246. The maximum absolute atomic E-state index is 11.1. The summed E-state index contributed by atoms with van der Waals surface area (Å²) in [6, 6.07) is 9.47. The number of Topliss-reactive ketones (excluding diaryl/α,β-unsaturated/α-hetero) is 1. The highest BCUT2D eigenvalue weighted by molar-refractivity contribution is 6.41. The third kappa shape index (κ3) is 1.38. The van der Waals surface area contributed by atoms with Gasteiger partial charge in [0.15, 0.2) is 5.84 Å². The number of rotatable bonds is 1. The van der Waals surface area contributed by atoms with Crippen LogP contribution in [0.4, 0.5) is 5.69 Å². The van der Waals surface area contributed by atoms with E-state index in [0.717, 1.165) is 5.69 Å². The van der Waals surface area contributed by atoms with E-state index in [4.69, 9.17) is 5.73 Å². The van der Waals surface area contributed by atoms with E-state index in [-0.39, 0.29) is 18.2 Å². The van der Waals surface area contributed by atoms with E-state index in [0.29, 0.717) is 0 Å². The Morgan fingerprint density at radius 3 is 2.54 bits per heavy atom. The van der Waals surface area contributed by atoms with Gasteiger partial charge >= 0.3 is 0 Å². The molecule has 0 atom stereocenters. The lowest BCUT2D eigenvalue weighted by atomic mass is 10.3. The molecule has 13 heavy (non-hydrogen) atoms. The molecule has 0 aromatic heterocycles. The van der Waals surface area contributed by atoms with Crippen molar-refractivity contribution in [2.45, 2.75) is 0 Å². The van der Waals surface area contributed by atoms with Gasteiger partial charge in [0.25, 0.3) is 0 Å². The molecule has 0 spiro atoms. The van der Waals surface area contributed by atoms with E-state index in [2.05, 4.69) is 5.10 Å². The minimum Gasteiger partial charge on any atom is -0.379 e. The van der Waals surface area contributed by atoms with Gasteiger partial charge < -0.3 is 5.73 Å². The number of anilines is 1. The third-order valence-corrected chi connectivity index (χ3v) is 1.86. The smallest absolute Gasteiger partial charge is 0.220 e. The van der Waals surface area contributed by atoms with Gasteiger partial charge in [0.1, 0.15) is 6.54 Å². The number of ketones is 1. The maximum Gasteiger partial charge on any atom is 0.220 e. The van der Waals surface area contributed by atoms with Crippen LogP contribution < -0.4 is 10.7 Å². The highest BCUT2D eigenvalue weighted by Gasteiger charge is 2.21. The average Bonchev–Trinajstić information content (AvgIpc) is 2.49. The summed E-state index contributed by atoms with van der Waals surface area (Å²) in [5.74, 6) is -0.0345. The molecule has 0 saturated heterocycles. The number of amidine groups is 1. The summed E-state index contributed by atoms with van der Waals surface area (Å²) >= 11 is 0. The monoisotopic (exact) mass is 175 g/mol. The zero-order valence-electron chi connectivity index (χ0n) is 6.97. The van der Waals surface area contributed by atoms with E-state index >= 15 is 0 Å². The summed E-state index contributed by atoms with van der Waals surface area (Å²) in [5.41, 5.74) is 6.25. The lowest BCUT2D eigenvalue weighted by Crippen LogP contribution is -2.22. The Morgan fingerprint density at radius 1 is 1.31 bits per heavy atom. The Hall–Kier alpha value is -1.84. The van der Waals surface area contributed by atoms with E-state index in [1.54, 1.807) is 5.01 Å². The van der Waals surface area contributed by atoms with Crippen LogP contribution in [0.3, 0.4) is 0 Å². The quantitative estimate of drug-likeness (QED) is 0.669. The minimum atomic E-state index is -0.121. The molecule has 1 aliphatic rings. The van der Waals surface area contributed by atoms with Crippen LogP contribution in [0.1, 0.15) is 0 Å². The van der Waals surface area contributed by atoms with Crippen molar-refractivity contribution in [2.75, 3.05) is 11.6 Å². The van der Waals surface area contributed by atoms with E-state index in [9.17, 15) is 4.79 Å². The van der Waals surface area contributed by atoms with Crippen molar-refractivity contribution in [3.8, 4) is 0 Å². The number of hydrogen-bond donors (Lipinski definition) is 1. The van der Waals surface area contributed by atoms with Crippen LogP contribution in [-0.2, 0) is 4.79 Å². The second kappa shape index (κ2) is 2.90. The van der Waals surface area contributed by atoms with E-state index in [1.165, 1.54) is 0 Å². The first-order valence-corrected chi connectivity index (χ1v) is 3.97. The van der Waals surface area contributed by atoms with Crippen molar-refractivity contribution in [1.82, 2.24) is 0 Å². The number of nitrogens with two attached hydrogens (primary N) is 1. The number of carbonyl (C=O) groups excluding carboxylic acids is 1. The van der Waals surface area contributed by atoms with Crippen molar-refractivity contribution in [3.63, 3.8) is 0 Å². The molecule has 1 aromatic rings. The van der Waals surface area contributed by atoms with Gasteiger partial charge in [0.2, 0.25) is 5.78 Å². The van der Waals surface area contributed by atoms with Gasteiger partial charge in [-0.2, -0.15) is 5.10 Å². The molecule has 0 aliphatic carbocycles. The molecule has 4 nitrogen and oxygen atoms in total. The molecular formula is C9H9N3O. The van der Waals surface area contributed by atoms with Gasteiger partial charge in [-0.25, -0.2) is 0 Å². The van der Waals surface area contributed by atoms with Gasteiger partial charge in [-0.1, -0.05) is 18.2 Å². The topological polar surface area (TPSA) is 58.7 Å². The lowest BCUT2D eigenvalue weighted by molar-refractivity contribution is -0.111. The van der Waals surface area contributed by atoms with Crippen molar-refractivity contribution in [1.29, 1.82) is 0 Å². The van der Waals surface area contributed by atoms with Crippen molar-refractivity contribution < 1.29 is 4.79 Å². The summed E-state index contributed by atoms with van der Waals surface area (Å²) in [6.07, 6.45) is 0. The number of nitrogens with zero attached hydrogens (tertiary/aromatic N) is 2. The van der Waals surface area contributed by atoms with Crippen LogP contribution in [0.25, 0.3) is 0 Å². The third-order valence-electron chi connectivity index (χ3n) is 1.86. The van der Waals surface area contributed by atoms with Crippen LogP contribution in [0.15, 0.2) is 35.4 Å². The Labute approximate surface area is 75.6 Å². The summed E-state index contributed by atoms with van der Waals surface area (Å²) in [4.78, 5) is 11.1. The van der Waals surface area contributed by atoms with Crippen LogP contribution in [-0.4, -0.2) is 18.2 Å². The Bertz CT molecular complexity index is 358. The van der Waals surface area contributed by atoms with Crippen LogP contribution in [0, 0.1) is 0 Å². The molecular weight excluding hydrogens is 166 g/mol. The first kappa shape index (κ1) is 7.79. The normalized spacial score (nSPS) is 16.2. The fourth-order valence-electron chi connectivity index (χ4n) is 1.19. The zero-order chi connectivity index (χ0) is 9.26. The fraction of sp³-hybridized carbons (Fsp3) is 0.111. The van der Waals surface area contributed by atoms with E-state index in [1.807, 2.05) is 30.3 Å². The molecule has 66 valence electrons. The predicted octanol–water partition coefficient (Wildman–Crippen LogP) is 0.348. The van der Waals surface area contributed by atoms with Crippen LogP contribution in [0.5, 0.6) is 0 Å². The van der Waals surface area contributed by atoms with Crippen LogP contribution in [0.2, 0.25) is 0 Å². The number of hydrogen-bond acceptors (Lipinski definition) is 4. The SMILES string of the molecule is NC1=NN(c2ccccc2)CC1=O. The Morgan fingerprint density at radius 2 is 2.00 bits per heavy atom. The van der Waals surface area contributed by atoms with Crippen molar-refractivity contribution in [3.05, 3.63) is 30.3 Å². The van der Waals surface area contributed by atoms with Gasteiger partial charge in [-0.15, -0.1) is 0 Å². The van der Waals surface area contributed by atoms with Crippen molar-refractivity contribution in [2.24, 2.45) is 10.8 Å². The van der Waals surface area contributed by atoms with Crippen molar-refractivity contribution >= 4 is 17.3 Å². The fourth-order valence-corrected chi connectivity index (χ4v) is 1.19. The van der Waals surface area contributed by atoms with Gasteiger partial charge in [0, 0.05) is 0 Å². The molecule has 0 fully saturated rings. The lowest BCUT2D eigenvalue weighted by Gasteiger charge is -2.11. The molecule has 0 saturated carbocycles. The highest BCUT2D eigenvalue weighted by Crippen LogP contribution is 2.15. The number of carbonyl (C=O) groups is 1. The molecule has 0 radical (unpaired) electrons. The van der Waals surface area contributed by atoms with Gasteiger partial charge in [-0.05, 0) is 12.1 Å². The largest absolute Gasteiger partial charge is 0.379 e. The standard InChI is InChI=1S/C9H9N3O/c10-9-8(13)6-12(11-9)7-4-2-1-3-5-7/h1-5H,6H2,(H2,10,11). The molecule has 0 unspecified atom stereocenters. The Kier molecular flexibility index (Phi) is 1.73. The second-order valence-electron chi connectivity index (χ2n) is 2.80. The molecule has 2 rings (SSSR count). The highest BCUT2D eigenvalue weighted by atomic mass is 16.1. The predicted molar refractivity (Wildman–Crippen MR) is 50.4 cm³/mol. The molecule has 0 amide bonds. The van der Waals surface area contributed by atoms with Crippen LogP contribution >= 0.6 is 0 Å². The summed E-state index contributed by atoms with van der Waals surface area (Å²) in [7, 11) is 0. The van der Waals surface area contributed by atoms with E-state index < -0.39 is 0 Å². The first-order chi connectivity index (χ1) is 6.27. The summed E-state index contributed by atoms with van der Waals surface area (Å²) < 4.78 is 0. The number of hydrazone groups is 1. The van der Waals surface area contributed by atoms with Gasteiger partial charge in [0.05, 0.1) is 5.69 Å². The molecule has 0 bridgehead atoms. The molecule has 1 aliphatic heterocycles. The maximum atomic E-state index is 11.1. The average molecular weight is 175 g/mol.